The fraction of sp³-hybridized carbons (Fsp3) is 0.486. The third kappa shape index (κ3) is 4.02. The number of ether oxygens (including phenoxy) is 2. The zero-order valence-corrected chi connectivity index (χ0v) is 26.2. The Morgan fingerprint density at radius 1 is 1.04 bits per heavy atom. The second-order valence-corrected chi connectivity index (χ2v) is 14.9. The largest absolute Gasteiger partial charge is 0.399 e. The topological polar surface area (TPSA) is 119 Å². The number of ketones is 2. The molecule has 238 valence electrons. The van der Waals surface area contributed by atoms with E-state index in [4.69, 9.17) is 15.2 Å². The summed E-state index contributed by atoms with van der Waals surface area (Å²) in [5, 5.41) is 22.0. The Bertz CT molecular complexity index is 1630. The van der Waals surface area contributed by atoms with Crippen molar-refractivity contribution in [2.24, 2.45) is 22.7 Å². The van der Waals surface area contributed by atoms with Crippen LogP contribution < -0.4 is 5.73 Å². The number of fused-ring (bicyclic) bond motifs is 7. The number of nitrogen functional groups attached to an aromatic ring is 1. The van der Waals surface area contributed by atoms with Crippen LogP contribution in [0.15, 0.2) is 82.1 Å². The van der Waals surface area contributed by atoms with Crippen LogP contribution in [0.3, 0.4) is 0 Å². The molecule has 10 atom stereocenters. The molecule has 3 saturated carbocycles. The Balaban J connectivity index is 1.23. The van der Waals surface area contributed by atoms with Gasteiger partial charge in [0.05, 0.1) is 12.2 Å². The first-order chi connectivity index (χ1) is 21.2. The third-order valence-electron chi connectivity index (χ3n) is 11.6. The molecule has 0 amide bonds. The zero-order valence-electron chi connectivity index (χ0n) is 25.3. The maximum atomic E-state index is 17.6. The molecule has 2 aromatic rings. The van der Waals surface area contributed by atoms with Gasteiger partial charge < -0.3 is 25.4 Å². The second kappa shape index (κ2) is 10.1. The van der Waals surface area contributed by atoms with Crippen LogP contribution in [0.2, 0.25) is 0 Å². The van der Waals surface area contributed by atoms with E-state index < -0.39 is 76.3 Å². The van der Waals surface area contributed by atoms with Crippen LogP contribution in [0.25, 0.3) is 0 Å². The van der Waals surface area contributed by atoms with E-state index >= 15 is 8.78 Å². The van der Waals surface area contributed by atoms with Crippen molar-refractivity contribution >= 4 is 29.0 Å². The number of carbonyl (C=O) groups excluding carboxylic acids is 2. The second-order valence-electron chi connectivity index (χ2n) is 13.8. The van der Waals surface area contributed by atoms with Crippen molar-refractivity contribution in [1.29, 1.82) is 0 Å². The summed E-state index contributed by atoms with van der Waals surface area (Å²) >= 11 is 1.56. The highest BCUT2D eigenvalue weighted by Gasteiger charge is 2.81. The van der Waals surface area contributed by atoms with Gasteiger partial charge in [-0.3, -0.25) is 9.59 Å². The van der Waals surface area contributed by atoms with Gasteiger partial charge in [-0.1, -0.05) is 36.9 Å². The minimum Gasteiger partial charge on any atom is -0.399 e. The number of allylic oxidation sites excluding steroid dienone is 4. The Morgan fingerprint density at radius 2 is 1.69 bits per heavy atom. The Hall–Kier alpha value is -2.89. The van der Waals surface area contributed by atoms with Crippen molar-refractivity contribution in [2.45, 2.75) is 85.3 Å². The zero-order chi connectivity index (χ0) is 32.2. The van der Waals surface area contributed by atoms with Crippen molar-refractivity contribution in [3.8, 4) is 0 Å². The van der Waals surface area contributed by atoms with Crippen molar-refractivity contribution in [2.75, 3.05) is 12.3 Å². The maximum absolute atomic E-state index is 17.6. The number of benzene rings is 2. The molecule has 45 heavy (non-hydrogen) atoms. The van der Waals surface area contributed by atoms with Gasteiger partial charge in [-0.2, -0.15) is 0 Å². The quantitative estimate of drug-likeness (QED) is 0.381. The lowest BCUT2D eigenvalue weighted by Crippen LogP contribution is -2.71. The third-order valence-corrected chi connectivity index (χ3v) is 12.6. The molecule has 0 radical (unpaired) electrons. The molecule has 0 bridgehead atoms. The molecular weight excluding hydrogens is 600 g/mol. The number of anilines is 1. The number of rotatable bonds is 5. The van der Waals surface area contributed by atoms with Crippen molar-refractivity contribution in [1.82, 2.24) is 0 Å². The van der Waals surface area contributed by atoms with Crippen molar-refractivity contribution < 1.29 is 38.1 Å². The average molecular weight is 638 g/mol. The minimum absolute atomic E-state index is 0.0359. The summed E-state index contributed by atoms with van der Waals surface area (Å²) in [6.45, 7) is 4.20. The Kier molecular flexibility index (Phi) is 6.87. The summed E-state index contributed by atoms with van der Waals surface area (Å²) in [6, 6.07) is 15.1. The number of hydrogen-bond acceptors (Lipinski definition) is 8. The standard InChI is InChI=1S/C35H37F2NO6S/c1-31-13-12-21(40)14-26(31)27(36)15-25-24-16-30-35(29(42)18-39,32(24,2)17-28(41)34(25,31)37)44-33(3,43-30)19-4-8-22(9-5-19)45-23-10-6-20(38)7-11-23/h4-14,24-25,27-28,30,39,41H,15-18,38H2,1-3H3/t24?,25-,27-,28-,30+,31-,32-,33+,34-,35+/m0/s1. The van der Waals surface area contributed by atoms with Crippen molar-refractivity contribution in [3.05, 3.63) is 77.9 Å². The van der Waals surface area contributed by atoms with E-state index in [1.54, 1.807) is 25.6 Å². The van der Waals surface area contributed by atoms with Gasteiger partial charge in [-0.15, -0.1) is 0 Å². The van der Waals surface area contributed by atoms with E-state index in [2.05, 4.69) is 0 Å². The molecule has 1 aliphatic heterocycles. The van der Waals surface area contributed by atoms with E-state index in [0.29, 0.717) is 11.3 Å². The van der Waals surface area contributed by atoms with E-state index in [1.807, 2.05) is 48.5 Å². The van der Waals surface area contributed by atoms with Gasteiger partial charge in [-0.05, 0) is 93.2 Å². The van der Waals surface area contributed by atoms with E-state index in [0.717, 1.165) is 15.9 Å². The first kappa shape index (κ1) is 30.7. The number of hydrogen-bond donors (Lipinski definition) is 3. The molecule has 4 aliphatic carbocycles. The lowest BCUT2D eigenvalue weighted by atomic mass is 9.44. The highest BCUT2D eigenvalue weighted by atomic mass is 32.2. The monoisotopic (exact) mass is 637 g/mol. The molecule has 4 N–H and O–H groups in total. The fourth-order valence-electron chi connectivity index (χ4n) is 9.39. The van der Waals surface area contributed by atoms with Gasteiger partial charge >= 0.3 is 0 Å². The summed E-state index contributed by atoms with van der Waals surface area (Å²) in [6.07, 6.45) is -0.560. The number of aliphatic hydroxyl groups is 2. The number of carbonyl (C=O) groups is 2. The van der Waals surface area contributed by atoms with Crippen LogP contribution in [0.4, 0.5) is 14.5 Å². The van der Waals surface area contributed by atoms with E-state index in [1.165, 1.54) is 19.1 Å². The molecule has 4 fully saturated rings. The average Bonchev–Trinajstić information content (AvgIpc) is 3.45. The summed E-state index contributed by atoms with van der Waals surface area (Å²) in [7, 11) is 0. The van der Waals surface area contributed by atoms with Crippen LogP contribution in [0.1, 0.15) is 45.6 Å². The summed E-state index contributed by atoms with van der Waals surface area (Å²) in [5.74, 6) is -4.02. The lowest BCUT2D eigenvalue weighted by molar-refractivity contribution is -0.256. The predicted octanol–water partition coefficient (Wildman–Crippen LogP) is 5.24. The number of nitrogens with two attached hydrogens (primary N) is 1. The van der Waals surface area contributed by atoms with Gasteiger partial charge in [0.2, 0.25) is 0 Å². The summed E-state index contributed by atoms with van der Waals surface area (Å²) in [5.41, 5.74) is 0.434. The first-order valence-electron chi connectivity index (χ1n) is 15.3. The fourth-order valence-corrected chi connectivity index (χ4v) is 10.2. The molecular formula is C35H37F2NO6S. The molecule has 1 saturated heterocycles. The van der Waals surface area contributed by atoms with Crippen LogP contribution in [0.5, 0.6) is 0 Å². The van der Waals surface area contributed by atoms with Gasteiger partial charge in [0.15, 0.2) is 28.6 Å². The lowest BCUT2D eigenvalue weighted by Gasteiger charge is -2.63. The van der Waals surface area contributed by atoms with Gasteiger partial charge in [0.25, 0.3) is 0 Å². The van der Waals surface area contributed by atoms with Gasteiger partial charge in [-0.25, -0.2) is 8.78 Å². The van der Waals surface area contributed by atoms with Crippen LogP contribution in [-0.4, -0.2) is 58.0 Å². The summed E-state index contributed by atoms with van der Waals surface area (Å²) in [4.78, 5) is 28.0. The normalized spacial score (nSPS) is 43.2. The molecule has 7 rings (SSSR count). The molecule has 1 heterocycles. The maximum Gasteiger partial charge on any atom is 0.193 e. The predicted molar refractivity (Wildman–Crippen MR) is 164 cm³/mol. The molecule has 10 heteroatoms. The highest BCUT2D eigenvalue weighted by Crippen LogP contribution is 2.73. The summed E-state index contributed by atoms with van der Waals surface area (Å²) < 4.78 is 46.8. The molecule has 1 unspecified atom stereocenters. The van der Waals surface area contributed by atoms with E-state index in [-0.39, 0.29) is 24.8 Å². The Morgan fingerprint density at radius 3 is 2.33 bits per heavy atom. The van der Waals surface area contributed by atoms with Gasteiger partial charge in [0, 0.05) is 37.8 Å². The number of halogens is 2. The highest BCUT2D eigenvalue weighted by molar-refractivity contribution is 7.99. The van der Waals surface area contributed by atoms with Crippen LogP contribution in [-0.2, 0) is 24.8 Å². The first-order valence-corrected chi connectivity index (χ1v) is 16.2. The number of aliphatic hydroxyl groups excluding tert-OH is 2. The molecule has 5 aliphatic rings. The smallest absolute Gasteiger partial charge is 0.193 e. The van der Waals surface area contributed by atoms with Gasteiger partial charge in [0.1, 0.15) is 12.8 Å². The molecule has 7 nitrogen and oxygen atoms in total. The molecule has 0 spiro atoms. The van der Waals surface area contributed by atoms with Crippen LogP contribution in [0, 0.1) is 22.7 Å². The minimum atomic E-state index is -2.30. The number of Topliss-reactive ketones (excluding diaryl/α,β-unsaturated/α-hetero) is 1. The SMILES string of the molecule is C[C@@]1(c2ccc(Sc3ccc(N)cc3)cc2)O[C@@H]2CC3[C@@H]4C[C@H](F)C5=CC(=O)C=C[C@]5(C)[C@@]4(F)[C@@H](O)C[C@]3(C)[C@]2(C(=O)CO)O1. The van der Waals surface area contributed by atoms with Crippen LogP contribution >= 0.6 is 11.8 Å². The Labute approximate surface area is 264 Å². The number of alkyl halides is 2. The van der Waals surface area contributed by atoms with E-state index in [9.17, 15) is 19.8 Å². The van der Waals surface area contributed by atoms with Crippen molar-refractivity contribution in [3.63, 3.8) is 0 Å². The molecule has 0 aromatic heterocycles. The molecule has 2 aromatic carbocycles.